The van der Waals surface area contributed by atoms with Gasteiger partial charge in [-0.15, -0.1) is 0 Å². The lowest BCUT2D eigenvalue weighted by Crippen LogP contribution is -2.26. The molecule has 0 unspecified atom stereocenters. The van der Waals surface area contributed by atoms with E-state index in [9.17, 15) is 25.9 Å². The molecule has 0 amide bonds. The Morgan fingerprint density at radius 3 is 1.31 bits per heavy atom. The predicted molar refractivity (Wildman–Crippen MR) is 169 cm³/mol. The second kappa shape index (κ2) is 12.5. The monoisotopic (exact) mass is 604 g/mol. The summed E-state index contributed by atoms with van der Waals surface area (Å²) in [6.45, 7) is 0. The van der Waals surface area contributed by atoms with Gasteiger partial charge in [0.1, 0.15) is 0 Å². The Labute approximate surface area is 249 Å². The first-order valence-electron chi connectivity index (χ1n) is 14.4. The van der Waals surface area contributed by atoms with Crippen LogP contribution in [-0.2, 0) is 25.7 Å². The zero-order valence-electron chi connectivity index (χ0n) is 23.4. The predicted octanol–water partition coefficient (Wildman–Crippen LogP) is 7.79. The molecule has 2 N–H and O–H groups in total. The summed E-state index contributed by atoms with van der Waals surface area (Å²) in [6, 6.07) is 33.5. The van der Waals surface area contributed by atoms with Gasteiger partial charge >= 0.3 is 0 Å². The molecule has 0 saturated heterocycles. The molecule has 0 aromatic heterocycles. The van der Waals surface area contributed by atoms with Crippen molar-refractivity contribution in [2.75, 3.05) is 11.5 Å². The molecule has 220 valence electrons. The number of benzene rings is 4. The van der Waals surface area contributed by atoms with E-state index in [1.54, 1.807) is 0 Å². The standard InChI is InChI=1S/C34H36O6S2/c35-41(36,37)22-10-3-8-20-34(21-9-11-23-42(38,39)40)32-24-28(26-12-4-1-5-13-26)16-18-30(32)31-19-17-29(25-33(31)34)27-14-6-2-7-15-27/h1-2,4-7,12-19,24-25H,3,8-11,20-23H2,(H,35,36,37)(H,38,39,40). The van der Waals surface area contributed by atoms with Crippen molar-refractivity contribution in [2.24, 2.45) is 0 Å². The molecule has 4 aromatic rings. The van der Waals surface area contributed by atoms with Crippen LogP contribution in [0.3, 0.4) is 0 Å². The molecule has 1 aliphatic rings. The number of unbranched alkanes of at least 4 members (excludes halogenated alkanes) is 3. The van der Waals surface area contributed by atoms with Crippen LogP contribution >= 0.6 is 0 Å². The van der Waals surface area contributed by atoms with Gasteiger partial charge in [-0.25, -0.2) is 0 Å². The van der Waals surface area contributed by atoms with Gasteiger partial charge in [0.2, 0.25) is 0 Å². The van der Waals surface area contributed by atoms with Crippen molar-refractivity contribution in [2.45, 2.75) is 50.4 Å². The molecule has 0 aliphatic heterocycles. The molecule has 0 bridgehead atoms. The van der Waals surface area contributed by atoms with E-state index in [1.807, 2.05) is 36.4 Å². The van der Waals surface area contributed by atoms with Gasteiger partial charge in [0, 0.05) is 5.41 Å². The van der Waals surface area contributed by atoms with E-state index >= 15 is 0 Å². The number of hydrogen-bond acceptors (Lipinski definition) is 4. The van der Waals surface area contributed by atoms with Crippen LogP contribution in [0.15, 0.2) is 97.1 Å². The highest BCUT2D eigenvalue weighted by Gasteiger charge is 2.42. The van der Waals surface area contributed by atoms with Crippen LogP contribution < -0.4 is 0 Å². The summed E-state index contributed by atoms with van der Waals surface area (Å²) < 4.78 is 64.3. The van der Waals surface area contributed by atoms with Crippen molar-refractivity contribution < 1.29 is 25.9 Å². The summed E-state index contributed by atoms with van der Waals surface area (Å²) in [5.41, 5.74) is 8.64. The van der Waals surface area contributed by atoms with Gasteiger partial charge in [0.25, 0.3) is 20.2 Å². The summed E-state index contributed by atoms with van der Waals surface area (Å²) >= 11 is 0. The van der Waals surface area contributed by atoms with Crippen molar-refractivity contribution in [3.8, 4) is 33.4 Å². The minimum Gasteiger partial charge on any atom is -0.286 e. The zero-order chi connectivity index (χ0) is 29.8. The van der Waals surface area contributed by atoms with Crippen molar-refractivity contribution >= 4 is 20.2 Å². The van der Waals surface area contributed by atoms with Crippen LogP contribution in [0, 0.1) is 0 Å². The molecule has 0 radical (unpaired) electrons. The molecular formula is C34H36O6S2. The molecular weight excluding hydrogens is 569 g/mol. The molecule has 0 spiro atoms. The SMILES string of the molecule is O=S(=O)(O)CCCCCC1(CCCCS(=O)(=O)O)c2cc(-c3ccccc3)ccc2-c2ccc(-c3ccccc3)cc21. The lowest BCUT2D eigenvalue weighted by Gasteiger charge is -2.33. The summed E-state index contributed by atoms with van der Waals surface area (Å²) in [6.07, 6.45) is 4.08. The first kappa shape index (κ1) is 30.2. The molecule has 0 heterocycles. The third kappa shape index (κ3) is 7.01. The maximum atomic E-state index is 11.5. The highest BCUT2D eigenvalue weighted by atomic mass is 32.2. The van der Waals surface area contributed by atoms with E-state index < -0.39 is 25.7 Å². The molecule has 5 rings (SSSR count). The Bertz CT molecular complexity index is 1660. The zero-order valence-corrected chi connectivity index (χ0v) is 25.1. The van der Waals surface area contributed by atoms with Gasteiger partial charge in [-0.2, -0.15) is 16.8 Å². The average Bonchev–Trinajstić information content (AvgIpc) is 3.23. The first-order chi connectivity index (χ1) is 20.1. The Kier molecular flexibility index (Phi) is 8.99. The second-order valence-corrected chi connectivity index (χ2v) is 14.3. The molecule has 1 aliphatic carbocycles. The maximum absolute atomic E-state index is 11.5. The summed E-state index contributed by atoms with van der Waals surface area (Å²) in [5.74, 6) is -0.552. The molecule has 6 nitrogen and oxygen atoms in total. The largest absolute Gasteiger partial charge is 0.286 e. The van der Waals surface area contributed by atoms with Crippen molar-refractivity contribution in [3.05, 3.63) is 108 Å². The van der Waals surface area contributed by atoms with Crippen LogP contribution in [0.4, 0.5) is 0 Å². The molecule has 0 atom stereocenters. The van der Waals surface area contributed by atoms with E-state index in [1.165, 1.54) is 11.1 Å². The number of rotatable bonds is 13. The third-order valence-corrected chi connectivity index (χ3v) is 9.95. The highest BCUT2D eigenvalue weighted by molar-refractivity contribution is 7.86. The highest BCUT2D eigenvalue weighted by Crippen LogP contribution is 2.55. The Balaban J connectivity index is 1.60. The molecule has 8 heteroatoms. The van der Waals surface area contributed by atoms with Gasteiger partial charge in [0.05, 0.1) is 11.5 Å². The lowest BCUT2D eigenvalue weighted by molar-refractivity contribution is 0.406. The topological polar surface area (TPSA) is 109 Å². The van der Waals surface area contributed by atoms with Gasteiger partial charge in [-0.3, -0.25) is 9.11 Å². The van der Waals surface area contributed by atoms with Gasteiger partial charge in [-0.05, 0) is 82.3 Å². The van der Waals surface area contributed by atoms with Crippen LogP contribution in [0.2, 0.25) is 0 Å². The summed E-state index contributed by atoms with van der Waals surface area (Å²) in [7, 11) is -8.09. The van der Waals surface area contributed by atoms with Crippen LogP contribution in [-0.4, -0.2) is 37.4 Å². The molecule has 4 aromatic carbocycles. The summed E-state index contributed by atoms with van der Waals surface area (Å²) in [4.78, 5) is 0. The molecule has 0 fully saturated rings. The van der Waals surface area contributed by atoms with Crippen LogP contribution in [0.25, 0.3) is 33.4 Å². The minimum absolute atomic E-state index is 0.266. The molecule has 0 saturated carbocycles. The Morgan fingerprint density at radius 2 is 0.881 bits per heavy atom. The van der Waals surface area contributed by atoms with Gasteiger partial charge in [0.15, 0.2) is 0 Å². The van der Waals surface area contributed by atoms with Gasteiger partial charge in [-0.1, -0.05) is 104 Å². The van der Waals surface area contributed by atoms with Crippen molar-refractivity contribution in [1.29, 1.82) is 0 Å². The fourth-order valence-electron chi connectivity index (χ4n) is 6.38. The van der Waals surface area contributed by atoms with Crippen molar-refractivity contribution in [1.82, 2.24) is 0 Å². The first-order valence-corrected chi connectivity index (χ1v) is 17.6. The fraction of sp³-hybridized carbons (Fsp3) is 0.294. The minimum atomic E-state index is -4.07. The molecule has 42 heavy (non-hydrogen) atoms. The smallest absolute Gasteiger partial charge is 0.264 e. The van der Waals surface area contributed by atoms with Crippen LogP contribution in [0.1, 0.15) is 56.1 Å². The Morgan fingerprint density at radius 1 is 0.476 bits per heavy atom. The quantitative estimate of drug-likeness (QED) is 0.119. The van der Waals surface area contributed by atoms with E-state index in [0.29, 0.717) is 32.1 Å². The Hall–Kier alpha value is -3.30. The van der Waals surface area contributed by atoms with E-state index in [-0.39, 0.29) is 11.5 Å². The van der Waals surface area contributed by atoms with E-state index in [2.05, 4.69) is 60.7 Å². The van der Waals surface area contributed by atoms with Crippen molar-refractivity contribution in [3.63, 3.8) is 0 Å². The van der Waals surface area contributed by atoms with E-state index in [0.717, 1.165) is 46.2 Å². The number of fused-ring (bicyclic) bond motifs is 3. The normalized spacial score (nSPS) is 14.0. The second-order valence-electron chi connectivity index (χ2n) is 11.2. The fourth-order valence-corrected chi connectivity index (χ4v) is 7.52. The van der Waals surface area contributed by atoms with E-state index in [4.69, 9.17) is 0 Å². The average molecular weight is 605 g/mol. The van der Waals surface area contributed by atoms with Gasteiger partial charge < -0.3 is 0 Å². The lowest BCUT2D eigenvalue weighted by atomic mass is 9.70. The summed E-state index contributed by atoms with van der Waals surface area (Å²) in [5, 5.41) is 0. The number of hydrogen-bond donors (Lipinski definition) is 2. The third-order valence-electron chi connectivity index (χ3n) is 8.34. The maximum Gasteiger partial charge on any atom is 0.264 e. The van der Waals surface area contributed by atoms with Crippen LogP contribution in [0.5, 0.6) is 0 Å².